The van der Waals surface area contributed by atoms with E-state index in [1.165, 1.54) is 36.2 Å². The molecule has 0 amide bonds. The highest BCUT2D eigenvalue weighted by Gasteiger charge is 2.27. The molecule has 4 nitrogen and oxygen atoms in total. The summed E-state index contributed by atoms with van der Waals surface area (Å²) in [5.41, 5.74) is 4.07. The summed E-state index contributed by atoms with van der Waals surface area (Å²) in [5, 5.41) is 3.36. The normalized spacial score (nSPS) is 21.0. The van der Waals surface area contributed by atoms with Crippen molar-refractivity contribution in [3.05, 3.63) is 51.9 Å². The first-order valence-corrected chi connectivity index (χ1v) is 8.83. The van der Waals surface area contributed by atoms with E-state index >= 15 is 0 Å². The summed E-state index contributed by atoms with van der Waals surface area (Å²) in [4.78, 5) is 10.4. The summed E-state index contributed by atoms with van der Waals surface area (Å²) in [6.07, 6.45) is 3.52. The SMILES string of the molecule is S=c1nc2c(c(C3CCCN(Cc4ccccc4)C3)[nH]1)CCN2. The van der Waals surface area contributed by atoms with Crippen LogP contribution in [0.4, 0.5) is 5.82 Å². The van der Waals surface area contributed by atoms with Gasteiger partial charge in [0.1, 0.15) is 5.82 Å². The molecule has 2 aromatic rings. The van der Waals surface area contributed by atoms with Crippen LogP contribution in [-0.2, 0) is 13.0 Å². The number of benzene rings is 1. The molecule has 5 heteroatoms. The van der Waals surface area contributed by atoms with Gasteiger partial charge in [0.05, 0.1) is 0 Å². The Labute approximate surface area is 142 Å². The molecule has 1 aromatic heterocycles. The van der Waals surface area contributed by atoms with Gasteiger partial charge in [-0.1, -0.05) is 30.3 Å². The van der Waals surface area contributed by atoms with Crippen LogP contribution in [0.5, 0.6) is 0 Å². The lowest BCUT2D eigenvalue weighted by Crippen LogP contribution is -2.34. The second-order valence-electron chi connectivity index (χ2n) is 6.52. The van der Waals surface area contributed by atoms with Gasteiger partial charge in [-0.05, 0) is 43.6 Å². The zero-order chi connectivity index (χ0) is 15.6. The van der Waals surface area contributed by atoms with Gasteiger partial charge in [0.15, 0.2) is 4.77 Å². The second kappa shape index (κ2) is 6.42. The minimum Gasteiger partial charge on any atom is -0.369 e. The third kappa shape index (κ3) is 3.16. The zero-order valence-corrected chi connectivity index (χ0v) is 14.0. The van der Waals surface area contributed by atoms with Gasteiger partial charge in [-0.3, -0.25) is 4.90 Å². The average Bonchev–Trinajstić information content (AvgIpc) is 3.03. The number of fused-ring (bicyclic) bond motifs is 1. The Balaban J connectivity index is 1.55. The first-order chi connectivity index (χ1) is 11.3. The van der Waals surface area contributed by atoms with Gasteiger partial charge in [0, 0.05) is 36.8 Å². The first-order valence-electron chi connectivity index (χ1n) is 8.43. The van der Waals surface area contributed by atoms with Gasteiger partial charge in [0.2, 0.25) is 0 Å². The molecule has 1 fully saturated rings. The summed E-state index contributed by atoms with van der Waals surface area (Å²) >= 11 is 5.32. The molecular weight excluding hydrogens is 304 g/mol. The van der Waals surface area contributed by atoms with E-state index < -0.39 is 0 Å². The highest BCUT2D eigenvalue weighted by molar-refractivity contribution is 7.71. The number of piperidine rings is 1. The maximum absolute atomic E-state index is 5.32. The molecular formula is C18H22N4S. The Morgan fingerprint density at radius 1 is 1.26 bits per heavy atom. The highest BCUT2D eigenvalue weighted by Crippen LogP contribution is 2.33. The van der Waals surface area contributed by atoms with Gasteiger partial charge in [-0.15, -0.1) is 0 Å². The van der Waals surface area contributed by atoms with Crippen LogP contribution in [0.15, 0.2) is 30.3 Å². The average molecular weight is 326 g/mol. The summed E-state index contributed by atoms with van der Waals surface area (Å²) in [7, 11) is 0. The fourth-order valence-electron chi connectivity index (χ4n) is 3.85. The fourth-order valence-corrected chi connectivity index (χ4v) is 4.05. The van der Waals surface area contributed by atoms with Crippen molar-refractivity contribution in [1.29, 1.82) is 0 Å². The molecule has 0 saturated carbocycles. The molecule has 0 radical (unpaired) electrons. The maximum Gasteiger partial charge on any atom is 0.198 e. The van der Waals surface area contributed by atoms with Crippen molar-refractivity contribution in [2.24, 2.45) is 0 Å². The van der Waals surface area contributed by atoms with Gasteiger partial charge >= 0.3 is 0 Å². The number of H-pyrrole nitrogens is 1. The number of hydrogen-bond acceptors (Lipinski definition) is 4. The van der Waals surface area contributed by atoms with E-state index in [4.69, 9.17) is 12.2 Å². The smallest absolute Gasteiger partial charge is 0.198 e. The number of hydrogen-bond donors (Lipinski definition) is 2. The van der Waals surface area contributed by atoms with Gasteiger partial charge in [-0.2, -0.15) is 0 Å². The monoisotopic (exact) mass is 326 g/mol. The molecule has 0 bridgehead atoms. The minimum atomic E-state index is 0.533. The molecule has 2 aliphatic rings. The van der Waals surface area contributed by atoms with Crippen molar-refractivity contribution >= 4 is 18.0 Å². The molecule has 120 valence electrons. The minimum absolute atomic E-state index is 0.533. The Kier molecular flexibility index (Phi) is 4.14. The van der Waals surface area contributed by atoms with Crippen LogP contribution in [-0.4, -0.2) is 34.5 Å². The molecule has 1 atom stereocenters. The van der Waals surface area contributed by atoms with Crippen molar-refractivity contribution in [1.82, 2.24) is 14.9 Å². The summed E-state index contributed by atoms with van der Waals surface area (Å²) in [6, 6.07) is 10.7. The van der Waals surface area contributed by atoms with Crippen LogP contribution in [0.25, 0.3) is 0 Å². The third-order valence-corrected chi connectivity index (χ3v) is 5.09. The standard InChI is InChI=1S/C18H22N4S/c23-18-20-16(15-8-9-19-17(15)21-18)14-7-4-10-22(12-14)11-13-5-2-1-3-6-13/h1-3,5-6,14H,4,7-12H2,(H2,19,20,21,23). The Morgan fingerprint density at radius 3 is 3.00 bits per heavy atom. The van der Waals surface area contributed by atoms with Gasteiger partial charge in [-0.25, -0.2) is 4.98 Å². The van der Waals surface area contributed by atoms with E-state index in [9.17, 15) is 0 Å². The number of rotatable bonds is 3. The van der Waals surface area contributed by atoms with E-state index in [0.717, 1.165) is 31.9 Å². The van der Waals surface area contributed by atoms with Crippen LogP contribution in [0, 0.1) is 4.77 Å². The predicted octanol–water partition coefficient (Wildman–Crippen LogP) is 3.49. The highest BCUT2D eigenvalue weighted by atomic mass is 32.1. The number of nitrogens with zero attached hydrogens (tertiary/aromatic N) is 2. The summed E-state index contributed by atoms with van der Waals surface area (Å²) in [5.74, 6) is 1.54. The third-order valence-electron chi connectivity index (χ3n) is 4.90. The molecule has 2 aliphatic heterocycles. The molecule has 1 saturated heterocycles. The lowest BCUT2D eigenvalue weighted by Gasteiger charge is -2.33. The van der Waals surface area contributed by atoms with Crippen molar-refractivity contribution in [2.75, 3.05) is 25.0 Å². The predicted molar refractivity (Wildman–Crippen MR) is 95.3 cm³/mol. The van der Waals surface area contributed by atoms with Crippen LogP contribution in [0.3, 0.4) is 0 Å². The van der Waals surface area contributed by atoms with E-state index in [1.54, 1.807) is 0 Å². The summed E-state index contributed by atoms with van der Waals surface area (Å²) in [6.45, 7) is 4.28. The molecule has 1 unspecified atom stereocenters. The topological polar surface area (TPSA) is 44.0 Å². The molecule has 23 heavy (non-hydrogen) atoms. The lowest BCUT2D eigenvalue weighted by molar-refractivity contribution is 0.198. The van der Waals surface area contributed by atoms with E-state index in [2.05, 4.69) is 50.5 Å². The van der Waals surface area contributed by atoms with Crippen LogP contribution in [0.2, 0.25) is 0 Å². The Morgan fingerprint density at radius 2 is 2.13 bits per heavy atom. The van der Waals surface area contributed by atoms with Crippen LogP contribution < -0.4 is 5.32 Å². The molecule has 3 heterocycles. The van der Waals surface area contributed by atoms with Crippen molar-refractivity contribution in [3.63, 3.8) is 0 Å². The molecule has 2 N–H and O–H groups in total. The molecule has 4 rings (SSSR count). The van der Waals surface area contributed by atoms with Crippen molar-refractivity contribution < 1.29 is 0 Å². The van der Waals surface area contributed by atoms with E-state index in [1.807, 2.05) is 0 Å². The molecule has 0 aliphatic carbocycles. The van der Waals surface area contributed by atoms with Crippen molar-refractivity contribution in [3.8, 4) is 0 Å². The first kappa shape index (κ1) is 14.8. The number of likely N-dealkylation sites (tertiary alicyclic amines) is 1. The lowest BCUT2D eigenvalue weighted by atomic mass is 9.91. The van der Waals surface area contributed by atoms with Crippen molar-refractivity contribution in [2.45, 2.75) is 31.7 Å². The molecule has 1 aromatic carbocycles. The van der Waals surface area contributed by atoms with Gasteiger partial charge in [0.25, 0.3) is 0 Å². The number of aromatic nitrogens is 2. The van der Waals surface area contributed by atoms with Gasteiger partial charge < -0.3 is 10.3 Å². The largest absolute Gasteiger partial charge is 0.369 e. The van der Waals surface area contributed by atoms with Crippen LogP contribution >= 0.6 is 12.2 Å². The summed E-state index contributed by atoms with van der Waals surface area (Å²) < 4.78 is 0.605. The number of anilines is 1. The quantitative estimate of drug-likeness (QED) is 0.848. The van der Waals surface area contributed by atoms with E-state index in [-0.39, 0.29) is 0 Å². The zero-order valence-electron chi connectivity index (χ0n) is 13.2. The molecule has 0 spiro atoms. The van der Waals surface area contributed by atoms with Crippen LogP contribution in [0.1, 0.15) is 35.6 Å². The Hall–Kier alpha value is -1.72. The second-order valence-corrected chi connectivity index (χ2v) is 6.91. The Bertz CT molecular complexity index is 740. The number of aromatic amines is 1. The van der Waals surface area contributed by atoms with E-state index in [0.29, 0.717) is 10.7 Å². The maximum atomic E-state index is 5.32. The number of nitrogens with one attached hydrogen (secondary N) is 2. The fraction of sp³-hybridized carbons (Fsp3) is 0.444.